The summed E-state index contributed by atoms with van der Waals surface area (Å²) in [5, 5.41) is 21.0. The number of aromatic nitrogens is 3. The molecule has 2 N–H and O–H groups in total. The van der Waals surface area contributed by atoms with Crippen molar-refractivity contribution in [1.29, 1.82) is 0 Å². The molecular weight excluding hydrogens is 511 g/mol. The van der Waals surface area contributed by atoms with Crippen molar-refractivity contribution in [3.05, 3.63) is 46.9 Å². The van der Waals surface area contributed by atoms with Gasteiger partial charge in [-0.25, -0.2) is 4.79 Å². The number of nitrogens with zero attached hydrogens (tertiary/aromatic N) is 4. The van der Waals surface area contributed by atoms with Crippen LogP contribution in [0.4, 0.5) is 18.0 Å². The Morgan fingerprint density at radius 2 is 2.03 bits per heavy atom. The largest absolute Gasteiger partial charge is 0.522 e. The molecule has 4 rings (SSSR count). The van der Waals surface area contributed by atoms with Crippen LogP contribution in [0.15, 0.2) is 34.9 Å². The van der Waals surface area contributed by atoms with Gasteiger partial charge in [0, 0.05) is 29.2 Å². The number of nitrogens with one attached hydrogen (secondary N) is 1. The Hall–Kier alpha value is -3.65. The molecule has 2 atom stereocenters. The predicted molar refractivity (Wildman–Crippen MR) is 117 cm³/mol. The second-order valence-electron chi connectivity index (χ2n) is 7.81. The van der Waals surface area contributed by atoms with E-state index in [1.165, 1.54) is 6.20 Å². The van der Waals surface area contributed by atoms with Gasteiger partial charge in [0.1, 0.15) is 12.6 Å². The lowest BCUT2D eigenvalue weighted by molar-refractivity contribution is -0.325. The lowest BCUT2D eigenvalue weighted by atomic mass is 9.98. The summed E-state index contributed by atoms with van der Waals surface area (Å²) in [6, 6.07) is 5.43. The molecule has 192 valence electrons. The number of pyridine rings is 1. The number of fused-ring (bicyclic) bond motifs is 1. The predicted octanol–water partition coefficient (Wildman–Crippen LogP) is 3.80. The zero-order valence-electron chi connectivity index (χ0n) is 18.4. The Morgan fingerprint density at radius 1 is 1.22 bits per heavy atom. The fourth-order valence-electron chi connectivity index (χ4n) is 3.75. The van der Waals surface area contributed by atoms with Crippen molar-refractivity contribution >= 4 is 34.5 Å². The maximum absolute atomic E-state index is 12.8. The summed E-state index contributed by atoms with van der Waals surface area (Å²) in [5.74, 6) is -0.503. The normalized spacial score (nSPS) is 18.3. The Balaban J connectivity index is 1.37. The van der Waals surface area contributed by atoms with Gasteiger partial charge in [-0.3, -0.25) is 19.4 Å². The van der Waals surface area contributed by atoms with Crippen LogP contribution in [0.2, 0.25) is 5.02 Å². The molecule has 36 heavy (non-hydrogen) atoms. The summed E-state index contributed by atoms with van der Waals surface area (Å²) >= 11 is 6.00. The molecule has 0 bridgehead atoms. The Labute approximate surface area is 206 Å². The third kappa shape index (κ3) is 6.31. The average molecular weight is 530 g/mol. The highest BCUT2D eigenvalue weighted by Gasteiger charge is 2.37. The first-order chi connectivity index (χ1) is 17.1. The number of rotatable bonds is 7. The number of piperidine rings is 1. The van der Waals surface area contributed by atoms with Gasteiger partial charge in [-0.15, -0.1) is 18.3 Å². The summed E-state index contributed by atoms with van der Waals surface area (Å²) < 4.78 is 49.8. The van der Waals surface area contributed by atoms with Crippen LogP contribution in [-0.4, -0.2) is 69.4 Å². The average Bonchev–Trinajstić information content (AvgIpc) is 3.29. The smallest absolute Gasteiger partial charge is 0.465 e. The molecule has 15 heteroatoms. The number of hydrogen-bond acceptors (Lipinski definition) is 8. The topological polar surface area (TPSA) is 140 Å². The van der Waals surface area contributed by atoms with E-state index in [9.17, 15) is 27.9 Å². The van der Waals surface area contributed by atoms with Crippen molar-refractivity contribution in [2.75, 3.05) is 19.8 Å². The number of alkyl halides is 3. The van der Waals surface area contributed by atoms with Crippen LogP contribution in [0.1, 0.15) is 35.1 Å². The maximum Gasteiger partial charge on any atom is 0.522 e. The number of carbonyl (C=O) groups excluding carboxylic acids is 1. The first-order valence-corrected chi connectivity index (χ1v) is 11.0. The van der Waals surface area contributed by atoms with Gasteiger partial charge in [-0.2, -0.15) is 0 Å². The summed E-state index contributed by atoms with van der Waals surface area (Å²) in [6.45, 7) is -1.35. The number of benzene rings is 1. The van der Waals surface area contributed by atoms with Gasteiger partial charge >= 0.3 is 18.5 Å². The highest BCUT2D eigenvalue weighted by molar-refractivity contribution is 6.31. The van der Waals surface area contributed by atoms with E-state index in [1.54, 1.807) is 24.3 Å². The van der Waals surface area contributed by atoms with Crippen LogP contribution in [0.5, 0.6) is 6.08 Å². The lowest BCUT2D eigenvalue weighted by Gasteiger charge is -2.36. The fourth-order valence-corrected chi connectivity index (χ4v) is 3.93. The molecule has 1 saturated heterocycles. The van der Waals surface area contributed by atoms with E-state index < -0.39 is 49.7 Å². The van der Waals surface area contributed by atoms with Crippen LogP contribution in [0.25, 0.3) is 10.9 Å². The van der Waals surface area contributed by atoms with Crippen molar-refractivity contribution < 1.29 is 41.8 Å². The first-order valence-electron chi connectivity index (χ1n) is 10.6. The molecule has 1 aliphatic heterocycles. The Kier molecular flexibility index (Phi) is 7.45. The standard InChI is InChI=1S/C21H19ClF3N5O6/c22-13-1-3-15-11(8-13)7-12(9-26-15)17(31)27-14-2-4-16(30(10-14)20(32)33)18-28-29-19(36-18)34-5-6-35-21(23,24)25/h1,3,7-9,14,16H,2,4-6,10H2,(H,27,31)(H,32,33)/t14-,16?/m0/s1. The molecule has 1 aromatic carbocycles. The minimum Gasteiger partial charge on any atom is -0.465 e. The number of ether oxygens (including phenoxy) is 2. The third-order valence-electron chi connectivity index (χ3n) is 5.35. The highest BCUT2D eigenvalue weighted by atomic mass is 35.5. The van der Waals surface area contributed by atoms with E-state index in [0.29, 0.717) is 27.9 Å². The minimum atomic E-state index is -4.79. The number of amides is 2. The van der Waals surface area contributed by atoms with Gasteiger partial charge in [0.2, 0.25) is 5.89 Å². The number of halogens is 4. The van der Waals surface area contributed by atoms with E-state index in [4.69, 9.17) is 20.8 Å². The second-order valence-corrected chi connectivity index (χ2v) is 8.24. The molecule has 3 aromatic rings. The van der Waals surface area contributed by atoms with Crippen molar-refractivity contribution in [3.63, 3.8) is 0 Å². The Bertz CT molecular complexity index is 1260. The molecule has 1 fully saturated rings. The number of likely N-dealkylation sites (tertiary alicyclic amines) is 1. The van der Waals surface area contributed by atoms with E-state index in [0.717, 1.165) is 4.90 Å². The molecule has 2 amide bonds. The number of hydrogen-bond donors (Lipinski definition) is 2. The van der Waals surface area contributed by atoms with Gasteiger partial charge in [-0.1, -0.05) is 16.7 Å². The van der Waals surface area contributed by atoms with E-state index >= 15 is 0 Å². The molecule has 0 radical (unpaired) electrons. The third-order valence-corrected chi connectivity index (χ3v) is 5.59. The van der Waals surface area contributed by atoms with Crippen LogP contribution in [0, 0.1) is 0 Å². The monoisotopic (exact) mass is 529 g/mol. The number of carbonyl (C=O) groups is 2. The maximum atomic E-state index is 12.8. The van der Waals surface area contributed by atoms with Gasteiger partial charge < -0.3 is 19.6 Å². The second kappa shape index (κ2) is 10.5. The zero-order chi connectivity index (χ0) is 25.9. The van der Waals surface area contributed by atoms with Crippen LogP contribution >= 0.6 is 11.6 Å². The molecular formula is C21H19ClF3N5O6. The minimum absolute atomic E-state index is 0.0590. The van der Waals surface area contributed by atoms with Crippen molar-refractivity contribution in [2.24, 2.45) is 0 Å². The molecule has 1 aliphatic rings. The van der Waals surface area contributed by atoms with Gasteiger partial charge in [0.05, 0.1) is 17.7 Å². The van der Waals surface area contributed by atoms with E-state index in [2.05, 4.69) is 25.2 Å². The summed E-state index contributed by atoms with van der Waals surface area (Å²) in [7, 11) is 0. The lowest BCUT2D eigenvalue weighted by Crippen LogP contribution is -2.50. The van der Waals surface area contributed by atoms with Crippen molar-refractivity contribution in [3.8, 4) is 6.08 Å². The SMILES string of the molecule is O=C(N[C@H]1CCC(c2nnc(OCCOC(F)(F)F)o2)N(C(=O)O)C1)c1cnc2ccc(Cl)cc2c1. The van der Waals surface area contributed by atoms with Crippen LogP contribution < -0.4 is 10.1 Å². The van der Waals surface area contributed by atoms with Gasteiger partial charge in [0.15, 0.2) is 0 Å². The van der Waals surface area contributed by atoms with E-state index in [1.807, 2.05) is 0 Å². The Morgan fingerprint density at radius 3 is 2.78 bits per heavy atom. The molecule has 0 saturated carbocycles. The summed E-state index contributed by atoms with van der Waals surface area (Å²) in [5.41, 5.74) is 0.964. The molecule has 1 unspecified atom stereocenters. The van der Waals surface area contributed by atoms with Crippen LogP contribution in [0.3, 0.4) is 0 Å². The first kappa shape index (κ1) is 25.4. The highest BCUT2D eigenvalue weighted by Crippen LogP contribution is 2.31. The van der Waals surface area contributed by atoms with Gasteiger partial charge in [0.25, 0.3) is 5.91 Å². The molecule has 2 aromatic heterocycles. The van der Waals surface area contributed by atoms with Gasteiger partial charge in [-0.05, 0) is 37.1 Å². The van der Waals surface area contributed by atoms with Crippen molar-refractivity contribution in [2.45, 2.75) is 31.3 Å². The summed E-state index contributed by atoms with van der Waals surface area (Å²) in [4.78, 5) is 29.9. The molecule has 0 aliphatic carbocycles. The molecule has 3 heterocycles. The zero-order valence-corrected chi connectivity index (χ0v) is 19.1. The molecule has 0 spiro atoms. The fraction of sp³-hybridized carbons (Fsp3) is 0.381. The van der Waals surface area contributed by atoms with E-state index in [-0.39, 0.29) is 18.9 Å². The quantitative estimate of drug-likeness (QED) is 0.437. The molecule has 11 nitrogen and oxygen atoms in total. The number of carboxylic acid groups (broad SMARTS) is 1. The summed E-state index contributed by atoms with van der Waals surface area (Å²) in [6.07, 6.45) is -4.43. The van der Waals surface area contributed by atoms with Crippen LogP contribution in [-0.2, 0) is 4.74 Å². The van der Waals surface area contributed by atoms with Crippen molar-refractivity contribution in [1.82, 2.24) is 25.4 Å².